The summed E-state index contributed by atoms with van der Waals surface area (Å²) in [7, 11) is 0. The standard InChI is InChI=1S/C22H24N2O3S/c1-5-6-12-18(15(2)16-10-8-7-9-11-16)20-23-17(14-28-20)13-19(25)24-22(3,4)21(26)27/h5-12,14H,2,13H2,1,3-4H3,(H,24,25)(H,26,27)/b6-5-,18-12+. The summed E-state index contributed by atoms with van der Waals surface area (Å²) in [6, 6.07) is 9.83. The molecule has 0 aliphatic carbocycles. The summed E-state index contributed by atoms with van der Waals surface area (Å²) in [4.78, 5) is 27.9. The van der Waals surface area contributed by atoms with Gasteiger partial charge in [-0.15, -0.1) is 11.3 Å². The third kappa shape index (κ3) is 5.50. The monoisotopic (exact) mass is 396 g/mol. The van der Waals surface area contributed by atoms with Crippen molar-refractivity contribution < 1.29 is 14.7 Å². The van der Waals surface area contributed by atoms with Crippen LogP contribution >= 0.6 is 11.3 Å². The molecule has 0 bridgehead atoms. The van der Waals surface area contributed by atoms with E-state index in [0.717, 1.165) is 21.7 Å². The zero-order chi connectivity index (χ0) is 20.7. The number of carbonyl (C=O) groups excluding carboxylic acids is 1. The molecule has 1 aromatic heterocycles. The van der Waals surface area contributed by atoms with Gasteiger partial charge >= 0.3 is 5.97 Å². The first-order valence-corrected chi connectivity index (χ1v) is 9.69. The van der Waals surface area contributed by atoms with Crippen molar-refractivity contribution in [2.75, 3.05) is 0 Å². The Morgan fingerprint density at radius 1 is 1.29 bits per heavy atom. The lowest BCUT2D eigenvalue weighted by molar-refractivity contribution is -0.145. The van der Waals surface area contributed by atoms with Gasteiger partial charge in [0, 0.05) is 11.0 Å². The van der Waals surface area contributed by atoms with Crippen LogP contribution < -0.4 is 5.32 Å². The number of thiazole rings is 1. The van der Waals surface area contributed by atoms with Gasteiger partial charge in [-0.25, -0.2) is 9.78 Å². The molecule has 1 heterocycles. The SMILES string of the molecule is C=C(/C(=C\C=C/C)c1nc(CC(=O)NC(C)(C)C(=O)O)cs1)c1ccccc1. The van der Waals surface area contributed by atoms with E-state index in [-0.39, 0.29) is 12.3 Å². The number of aliphatic carboxylic acids is 1. The molecule has 146 valence electrons. The summed E-state index contributed by atoms with van der Waals surface area (Å²) < 4.78 is 0. The van der Waals surface area contributed by atoms with E-state index in [0.29, 0.717) is 5.69 Å². The van der Waals surface area contributed by atoms with Crippen LogP contribution in [0.15, 0.2) is 60.5 Å². The van der Waals surface area contributed by atoms with Gasteiger partial charge in [-0.3, -0.25) is 4.79 Å². The van der Waals surface area contributed by atoms with E-state index >= 15 is 0 Å². The van der Waals surface area contributed by atoms with E-state index in [2.05, 4.69) is 16.9 Å². The Kier molecular flexibility index (Phi) is 7.06. The lowest BCUT2D eigenvalue weighted by atomic mass is 9.99. The molecule has 1 amide bonds. The van der Waals surface area contributed by atoms with E-state index in [1.807, 2.05) is 60.9 Å². The van der Waals surface area contributed by atoms with Crippen LogP contribution in [0, 0.1) is 0 Å². The number of hydrogen-bond donors (Lipinski definition) is 2. The predicted molar refractivity (Wildman–Crippen MR) is 114 cm³/mol. The normalized spacial score (nSPS) is 12.2. The second kappa shape index (κ2) is 9.28. The molecule has 0 unspecified atom stereocenters. The number of amides is 1. The zero-order valence-corrected chi connectivity index (χ0v) is 17.0. The fraction of sp³-hybridized carbons (Fsp3) is 0.227. The summed E-state index contributed by atoms with van der Waals surface area (Å²) in [5.41, 5.74) is 1.99. The molecule has 1 aromatic carbocycles. The molecule has 0 fully saturated rings. The van der Waals surface area contributed by atoms with Crippen molar-refractivity contribution in [3.8, 4) is 0 Å². The minimum Gasteiger partial charge on any atom is -0.480 e. The van der Waals surface area contributed by atoms with Crippen LogP contribution in [-0.4, -0.2) is 27.5 Å². The molecule has 0 aliphatic rings. The smallest absolute Gasteiger partial charge is 0.328 e. The Balaban J connectivity index is 2.22. The second-order valence-corrected chi connectivity index (χ2v) is 7.61. The molecule has 2 N–H and O–H groups in total. The number of carboxylic acid groups (broad SMARTS) is 1. The van der Waals surface area contributed by atoms with Crippen LogP contribution in [0.2, 0.25) is 0 Å². The lowest BCUT2D eigenvalue weighted by Crippen LogP contribution is -2.50. The van der Waals surface area contributed by atoms with Crippen LogP contribution in [0.3, 0.4) is 0 Å². The molecule has 5 nitrogen and oxygen atoms in total. The van der Waals surface area contributed by atoms with Gasteiger partial charge in [-0.1, -0.05) is 55.1 Å². The van der Waals surface area contributed by atoms with E-state index in [9.17, 15) is 9.59 Å². The fourth-order valence-corrected chi connectivity index (χ4v) is 3.28. The summed E-state index contributed by atoms with van der Waals surface area (Å²) in [6.45, 7) is 9.04. The predicted octanol–water partition coefficient (Wildman–Crippen LogP) is 4.34. The topological polar surface area (TPSA) is 79.3 Å². The van der Waals surface area contributed by atoms with Crippen molar-refractivity contribution in [2.24, 2.45) is 0 Å². The van der Waals surface area contributed by atoms with Crippen molar-refractivity contribution >= 4 is 34.4 Å². The average Bonchev–Trinajstić information content (AvgIpc) is 3.10. The third-order valence-corrected chi connectivity index (χ3v) is 4.94. The number of carbonyl (C=O) groups is 2. The van der Waals surface area contributed by atoms with Crippen molar-refractivity contribution in [1.29, 1.82) is 0 Å². The van der Waals surface area contributed by atoms with Gasteiger partial charge in [0.05, 0.1) is 12.1 Å². The van der Waals surface area contributed by atoms with Gasteiger partial charge in [-0.05, 0) is 31.9 Å². The highest BCUT2D eigenvalue weighted by Gasteiger charge is 2.29. The summed E-state index contributed by atoms with van der Waals surface area (Å²) in [5, 5.41) is 14.2. The zero-order valence-electron chi connectivity index (χ0n) is 16.2. The molecule has 0 saturated heterocycles. The van der Waals surface area contributed by atoms with E-state index in [4.69, 9.17) is 5.11 Å². The van der Waals surface area contributed by atoms with E-state index in [1.165, 1.54) is 25.2 Å². The molecule has 0 atom stereocenters. The van der Waals surface area contributed by atoms with Crippen LogP contribution in [-0.2, 0) is 16.0 Å². The highest BCUT2D eigenvalue weighted by Crippen LogP contribution is 2.32. The van der Waals surface area contributed by atoms with Crippen molar-refractivity contribution in [2.45, 2.75) is 32.7 Å². The second-order valence-electron chi connectivity index (χ2n) is 6.75. The van der Waals surface area contributed by atoms with Gasteiger partial charge < -0.3 is 10.4 Å². The molecule has 0 radical (unpaired) electrons. The molecule has 0 spiro atoms. The van der Waals surface area contributed by atoms with Crippen LogP contribution in [0.4, 0.5) is 0 Å². The first-order valence-electron chi connectivity index (χ1n) is 8.81. The Morgan fingerprint density at radius 3 is 2.57 bits per heavy atom. The van der Waals surface area contributed by atoms with E-state index in [1.54, 1.807) is 0 Å². The van der Waals surface area contributed by atoms with Gasteiger partial charge in [0.25, 0.3) is 0 Å². The maximum absolute atomic E-state index is 12.2. The van der Waals surface area contributed by atoms with Gasteiger partial charge in [0.15, 0.2) is 0 Å². The molecule has 6 heteroatoms. The van der Waals surface area contributed by atoms with Crippen LogP contribution in [0.25, 0.3) is 11.1 Å². The number of allylic oxidation sites excluding steroid dienone is 5. The Morgan fingerprint density at radius 2 is 1.96 bits per heavy atom. The van der Waals surface area contributed by atoms with Crippen molar-refractivity contribution in [1.82, 2.24) is 10.3 Å². The number of carboxylic acids is 1. The number of nitrogens with zero attached hydrogens (tertiary/aromatic N) is 1. The number of nitrogens with one attached hydrogen (secondary N) is 1. The van der Waals surface area contributed by atoms with Crippen LogP contribution in [0.5, 0.6) is 0 Å². The lowest BCUT2D eigenvalue weighted by Gasteiger charge is -2.20. The molecular formula is C22H24N2O3S. The summed E-state index contributed by atoms with van der Waals surface area (Å²) in [5.74, 6) is -1.47. The number of hydrogen-bond acceptors (Lipinski definition) is 4. The Hall–Kier alpha value is -2.99. The van der Waals surface area contributed by atoms with E-state index < -0.39 is 11.5 Å². The minimum absolute atomic E-state index is 0.0158. The fourth-order valence-electron chi connectivity index (χ4n) is 2.41. The van der Waals surface area contributed by atoms with Crippen LogP contribution in [0.1, 0.15) is 37.0 Å². The van der Waals surface area contributed by atoms with Crippen molar-refractivity contribution in [3.63, 3.8) is 0 Å². The van der Waals surface area contributed by atoms with Gasteiger partial charge in [0.1, 0.15) is 10.5 Å². The summed E-state index contributed by atoms with van der Waals surface area (Å²) >= 11 is 1.43. The molecule has 2 rings (SSSR count). The third-order valence-electron chi connectivity index (χ3n) is 4.01. The number of benzene rings is 1. The highest BCUT2D eigenvalue weighted by molar-refractivity contribution is 7.11. The first kappa shape index (κ1) is 21.3. The quantitative estimate of drug-likeness (QED) is 0.651. The molecule has 0 saturated carbocycles. The Bertz CT molecular complexity index is 924. The maximum atomic E-state index is 12.2. The average molecular weight is 397 g/mol. The maximum Gasteiger partial charge on any atom is 0.328 e. The highest BCUT2D eigenvalue weighted by atomic mass is 32.1. The molecular weight excluding hydrogens is 372 g/mol. The largest absolute Gasteiger partial charge is 0.480 e. The first-order chi connectivity index (χ1) is 13.2. The minimum atomic E-state index is -1.32. The number of aromatic nitrogens is 1. The molecule has 0 aliphatic heterocycles. The molecule has 28 heavy (non-hydrogen) atoms. The molecule has 2 aromatic rings. The van der Waals surface area contributed by atoms with Crippen molar-refractivity contribution in [3.05, 3.63) is 76.8 Å². The summed E-state index contributed by atoms with van der Waals surface area (Å²) in [6.07, 6.45) is 5.81. The van der Waals surface area contributed by atoms with Gasteiger partial charge in [0.2, 0.25) is 5.91 Å². The number of rotatable bonds is 8. The van der Waals surface area contributed by atoms with Gasteiger partial charge in [-0.2, -0.15) is 0 Å². The Labute approximate surface area is 169 Å².